The van der Waals surface area contributed by atoms with Gasteiger partial charge in [0.25, 0.3) is 10.9 Å². The molecule has 0 amide bonds. The number of nitrogens with zero attached hydrogens (tertiary/aromatic N) is 1. The van der Waals surface area contributed by atoms with Crippen LogP contribution in [0, 0.1) is 10.1 Å². The molecular weight excluding hydrogens is 245 g/mol. The zero-order valence-electron chi connectivity index (χ0n) is 7.49. The fourth-order valence-corrected chi connectivity index (χ4v) is 1.39. The van der Waals surface area contributed by atoms with Crippen LogP contribution in [0.1, 0.15) is 10.4 Å². The Balaban J connectivity index is 3.42. The van der Waals surface area contributed by atoms with E-state index < -0.39 is 10.2 Å². The number of halogens is 2. The maximum absolute atomic E-state index is 10.9. The van der Waals surface area contributed by atoms with Gasteiger partial charge in [0, 0.05) is 0 Å². The Morgan fingerprint density at radius 1 is 1.53 bits per heavy atom. The molecular formula is C8H5Cl2NO4. The van der Waals surface area contributed by atoms with E-state index in [-0.39, 0.29) is 22.0 Å². The van der Waals surface area contributed by atoms with E-state index in [0.717, 1.165) is 12.1 Å². The summed E-state index contributed by atoms with van der Waals surface area (Å²) in [4.78, 5) is 20.8. The first-order chi connectivity index (χ1) is 6.97. The molecule has 7 heteroatoms. The quantitative estimate of drug-likeness (QED) is 0.469. The molecule has 0 aromatic heterocycles. The van der Waals surface area contributed by atoms with Crippen molar-refractivity contribution in [2.24, 2.45) is 0 Å². The van der Waals surface area contributed by atoms with Crippen LogP contribution in [0.3, 0.4) is 0 Å². The van der Waals surface area contributed by atoms with Crippen molar-refractivity contribution in [2.45, 2.75) is 0 Å². The molecule has 15 heavy (non-hydrogen) atoms. The predicted octanol–water partition coefficient (Wildman–Crippen LogP) is 2.64. The van der Waals surface area contributed by atoms with E-state index in [1.807, 2.05) is 0 Å². The van der Waals surface area contributed by atoms with Crippen molar-refractivity contribution in [2.75, 3.05) is 7.11 Å². The van der Waals surface area contributed by atoms with E-state index >= 15 is 0 Å². The van der Waals surface area contributed by atoms with E-state index in [0.29, 0.717) is 0 Å². The second kappa shape index (κ2) is 4.46. The lowest BCUT2D eigenvalue weighted by Crippen LogP contribution is -1.98. The highest BCUT2D eigenvalue weighted by Gasteiger charge is 2.20. The molecule has 0 unspecified atom stereocenters. The zero-order chi connectivity index (χ0) is 11.6. The lowest BCUT2D eigenvalue weighted by molar-refractivity contribution is -0.384. The maximum atomic E-state index is 10.9. The van der Waals surface area contributed by atoms with Crippen molar-refractivity contribution < 1.29 is 14.5 Å². The van der Waals surface area contributed by atoms with Crippen molar-refractivity contribution in [3.8, 4) is 5.75 Å². The molecule has 0 spiro atoms. The van der Waals surface area contributed by atoms with Crippen LogP contribution in [0.2, 0.25) is 5.02 Å². The van der Waals surface area contributed by atoms with Gasteiger partial charge in [-0.05, 0) is 17.7 Å². The Labute approximate surface area is 94.7 Å². The predicted molar refractivity (Wildman–Crippen MR) is 54.8 cm³/mol. The van der Waals surface area contributed by atoms with E-state index in [1.54, 1.807) is 0 Å². The molecule has 0 aliphatic heterocycles. The Hall–Kier alpha value is -1.33. The minimum Gasteiger partial charge on any atom is -0.496 e. The molecule has 0 aliphatic rings. The highest BCUT2D eigenvalue weighted by atomic mass is 35.5. The van der Waals surface area contributed by atoms with Gasteiger partial charge in [0.2, 0.25) is 0 Å². The third-order valence-electron chi connectivity index (χ3n) is 1.68. The molecule has 0 heterocycles. The highest BCUT2D eigenvalue weighted by molar-refractivity contribution is 6.68. The summed E-state index contributed by atoms with van der Waals surface area (Å²) in [7, 11) is 1.27. The number of hydrogen-bond donors (Lipinski definition) is 0. The summed E-state index contributed by atoms with van der Waals surface area (Å²) in [6, 6.07) is 2.16. The van der Waals surface area contributed by atoms with E-state index in [1.165, 1.54) is 7.11 Å². The number of methoxy groups -OCH3 is 1. The first kappa shape index (κ1) is 11.7. The second-order valence-electron chi connectivity index (χ2n) is 2.53. The molecule has 1 rings (SSSR count). The summed E-state index contributed by atoms with van der Waals surface area (Å²) in [5.74, 6) is 0.0195. The van der Waals surface area contributed by atoms with Crippen molar-refractivity contribution in [1.29, 1.82) is 0 Å². The molecule has 0 aliphatic carbocycles. The summed E-state index contributed by atoms with van der Waals surface area (Å²) in [6.07, 6.45) is 0. The molecule has 1 aromatic rings. The largest absolute Gasteiger partial charge is 0.496 e. The van der Waals surface area contributed by atoms with Gasteiger partial charge in [-0.2, -0.15) is 0 Å². The van der Waals surface area contributed by atoms with Crippen LogP contribution < -0.4 is 4.74 Å². The maximum Gasteiger partial charge on any atom is 0.291 e. The SMILES string of the molecule is COc1cc([N+](=O)[O-])c(Cl)cc1C(=O)Cl. The topological polar surface area (TPSA) is 69.4 Å². The van der Waals surface area contributed by atoms with Gasteiger partial charge in [-0.25, -0.2) is 0 Å². The van der Waals surface area contributed by atoms with E-state index in [4.69, 9.17) is 27.9 Å². The molecule has 5 nitrogen and oxygen atoms in total. The Morgan fingerprint density at radius 3 is 2.53 bits per heavy atom. The average Bonchev–Trinajstić information content (AvgIpc) is 2.16. The molecule has 0 N–H and O–H groups in total. The third kappa shape index (κ3) is 2.37. The molecule has 0 atom stereocenters. The Kier molecular flexibility index (Phi) is 3.49. The number of carbonyl (C=O) groups excluding carboxylic acids is 1. The van der Waals surface area contributed by atoms with Crippen LogP contribution in [0.15, 0.2) is 12.1 Å². The summed E-state index contributed by atoms with van der Waals surface area (Å²) in [6.45, 7) is 0. The molecule has 0 radical (unpaired) electrons. The van der Waals surface area contributed by atoms with Gasteiger partial charge < -0.3 is 4.74 Å². The number of hydrogen-bond acceptors (Lipinski definition) is 4. The fourth-order valence-electron chi connectivity index (χ4n) is 1.01. The Morgan fingerprint density at radius 2 is 2.13 bits per heavy atom. The first-order valence-electron chi connectivity index (χ1n) is 3.69. The summed E-state index contributed by atoms with van der Waals surface area (Å²) < 4.78 is 4.78. The monoisotopic (exact) mass is 249 g/mol. The fraction of sp³-hybridized carbons (Fsp3) is 0.125. The summed E-state index contributed by atoms with van der Waals surface area (Å²) in [5.41, 5.74) is -0.343. The molecule has 0 saturated heterocycles. The molecule has 80 valence electrons. The number of benzene rings is 1. The highest BCUT2D eigenvalue weighted by Crippen LogP contribution is 2.32. The van der Waals surface area contributed by atoms with Crippen LogP contribution in [0.4, 0.5) is 5.69 Å². The normalized spacial score (nSPS) is 9.80. The molecule has 0 bridgehead atoms. The molecule has 0 saturated carbocycles. The molecule has 1 aromatic carbocycles. The zero-order valence-corrected chi connectivity index (χ0v) is 9.00. The third-order valence-corrected chi connectivity index (χ3v) is 2.18. The number of nitro groups is 1. The van der Waals surface area contributed by atoms with Crippen molar-refractivity contribution in [3.63, 3.8) is 0 Å². The average molecular weight is 250 g/mol. The van der Waals surface area contributed by atoms with Gasteiger partial charge in [-0.15, -0.1) is 0 Å². The van der Waals surface area contributed by atoms with Gasteiger partial charge >= 0.3 is 0 Å². The van der Waals surface area contributed by atoms with Crippen LogP contribution >= 0.6 is 23.2 Å². The van der Waals surface area contributed by atoms with E-state index in [2.05, 4.69) is 0 Å². The lowest BCUT2D eigenvalue weighted by Gasteiger charge is -2.05. The van der Waals surface area contributed by atoms with Gasteiger partial charge in [0.15, 0.2) is 0 Å². The van der Waals surface area contributed by atoms with E-state index in [9.17, 15) is 14.9 Å². The van der Waals surface area contributed by atoms with Gasteiger partial charge in [0.05, 0.1) is 23.7 Å². The number of carbonyl (C=O) groups is 1. The minimum atomic E-state index is -0.788. The number of ether oxygens (including phenoxy) is 1. The number of rotatable bonds is 3. The first-order valence-corrected chi connectivity index (χ1v) is 4.44. The smallest absolute Gasteiger partial charge is 0.291 e. The summed E-state index contributed by atoms with van der Waals surface area (Å²) >= 11 is 10.8. The van der Waals surface area contributed by atoms with Crippen LogP contribution in [0.5, 0.6) is 5.75 Å². The van der Waals surface area contributed by atoms with Crippen molar-refractivity contribution in [1.82, 2.24) is 0 Å². The van der Waals surface area contributed by atoms with Gasteiger partial charge in [-0.3, -0.25) is 14.9 Å². The van der Waals surface area contributed by atoms with Crippen LogP contribution in [0.25, 0.3) is 0 Å². The minimum absolute atomic E-state index is 0.00485. The summed E-state index contributed by atoms with van der Waals surface area (Å²) in [5, 5.41) is 9.57. The molecule has 0 fully saturated rings. The van der Waals surface area contributed by atoms with Crippen molar-refractivity contribution >= 4 is 34.1 Å². The lowest BCUT2D eigenvalue weighted by atomic mass is 10.2. The van der Waals surface area contributed by atoms with Crippen LogP contribution in [-0.4, -0.2) is 17.3 Å². The van der Waals surface area contributed by atoms with Crippen molar-refractivity contribution in [3.05, 3.63) is 32.8 Å². The number of nitro benzene ring substituents is 1. The Bertz CT molecular complexity index is 433. The van der Waals surface area contributed by atoms with Gasteiger partial charge in [-0.1, -0.05) is 11.6 Å². The standard InChI is InChI=1S/C8H5Cl2NO4/c1-15-7-3-6(11(13)14)5(9)2-4(7)8(10)12/h2-3H,1H3. The second-order valence-corrected chi connectivity index (χ2v) is 3.29. The van der Waals surface area contributed by atoms with Crippen LogP contribution in [-0.2, 0) is 0 Å². The van der Waals surface area contributed by atoms with Gasteiger partial charge in [0.1, 0.15) is 10.8 Å².